The third-order valence-electron chi connectivity index (χ3n) is 6.27. The predicted molar refractivity (Wildman–Crippen MR) is 145 cm³/mol. The molecule has 3 nitrogen and oxygen atoms in total. The van der Waals surface area contributed by atoms with Crippen molar-refractivity contribution < 1.29 is 0 Å². The van der Waals surface area contributed by atoms with E-state index in [0.717, 1.165) is 23.6 Å². The van der Waals surface area contributed by atoms with Crippen molar-refractivity contribution in [2.45, 2.75) is 85.6 Å². The number of nitrogens with zero attached hydrogens (tertiary/aromatic N) is 1. The van der Waals surface area contributed by atoms with E-state index in [1.165, 1.54) is 27.9 Å². The highest BCUT2D eigenvalue weighted by Crippen LogP contribution is 2.35. The van der Waals surface area contributed by atoms with Crippen LogP contribution in [0.15, 0.2) is 53.5 Å². The van der Waals surface area contributed by atoms with Gasteiger partial charge in [0.2, 0.25) is 0 Å². The molecule has 0 saturated carbocycles. The van der Waals surface area contributed by atoms with E-state index >= 15 is 0 Å². The largest absolute Gasteiger partial charge is 0.379 e. The SMILES string of the molecule is CC(C)c1cccc(C(C)C)c1N=Cc1ccc(CNc2c(C(C)C)cccc2C(C)C)[nH]1. The molecule has 0 atom stereocenters. The van der Waals surface area contributed by atoms with Crippen molar-refractivity contribution in [3.63, 3.8) is 0 Å². The minimum Gasteiger partial charge on any atom is -0.379 e. The molecular formula is C30H41N3. The second-order valence-corrected chi connectivity index (χ2v) is 10.3. The fourth-order valence-electron chi connectivity index (χ4n) is 4.37. The van der Waals surface area contributed by atoms with Crippen molar-refractivity contribution in [3.8, 4) is 0 Å². The van der Waals surface area contributed by atoms with Gasteiger partial charge in [0.15, 0.2) is 0 Å². The van der Waals surface area contributed by atoms with Gasteiger partial charge < -0.3 is 10.3 Å². The molecule has 176 valence electrons. The van der Waals surface area contributed by atoms with Crippen LogP contribution in [0.4, 0.5) is 11.4 Å². The molecule has 0 bridgehead atoms. The number of rotatable bonds is 9. The zero-order valence-corrected chi connectivity index (χ0v) is 21.7. The van der Waals surface area contributed by atoms with Crippen LogP contribution in [-0.2, 0) is 6.54 Å². The first-order valence-electron chi connectivity index (χ1n) is 12.4. The highest BCUT2D eigenvalue weighted by Gasteiger charge is 2.14. The highest BCUT2D eigenvalue weighted by molar-refractivity contribution is 5.81. The molecular weight excluding hydrogens is 402 g/mol. The van der Waals surface area contributed by atoms with Gasteiger partial charge >= 0.3 is 0 Å². The minimum atomic E-state index is 0.440. The van der Waals surface area contributed by atoms with E-state index in [1.807, 2.05) is 6.21 Å². The molecule has 1 aromatic heterocycles. The minimum absolute atomic E-state index is 0.440. The smallest absolute Gasteiger partial charge is 0.0699 e. The summed E-state index contributed by atoms with van der Waals surface area (Å²) in [6.07, 6.45) is 1.97. The van der Waals surface area contributed by atoms with E-state index in [2.05, 4.69) is 114 Å². The second kappa shape index (κ2) is 10.9. The van der Waals surface area contributed by atoms with Gasteiger partial charge in [-0.2, -0.15) is 0 Å². The van der Waals surface area contributed by atoms with Crippen molar-refractivity contribution in [1.29, 1.82) is 0 Å². The van der Waals surface area contributed by atoms with Crippen molar-refractivity contribution >= 4 is 17.6 Å². The van der Waals surface area contributed by atoms with Gasteiger partial charge in [0.25, 0.3) is 0 Å². The zero-order chi connectivity index (χ0) is 24.1. The Bertz CT molecular complexity index is 1030. The summed E-state index contributed by atoms with van der Waals surface area (Å²) in [7, 11) is 0. The number of para-hydroxylation sites is 2. The van der Waals surface area contributed by atoms with Gasteiger partial charge in [-0.1, -0.05) is 91.8 Å². The van der Waals surface area contributed by atoms with Crippen molar-refractivity contribution in [3.05, 3.63) is 82.2 Å². The lowest BCUT2D eigenvalue weighted by atomic mass is 9.92. The summed E-state index contributed by atoms with van der Waals surface area (Å²) in [4.78, 5) is 8.49. The second-order valence-electron chi connectivity index (χ2n) is 10.3. The number of anilines is 1. The Kier molecular flexibility index (Phi) is 8.18. The maximum atomic E-state index is 4.95. The van der Waals surface area contributed by atoms with Gasteiger partial charge in [-0.05, 0) is 58.1 Å². The van der Waals surface area contributed by atoms with E-state index in [1.54, 1.807) is 0 Å². The quantitative estimate of drug-likeness (QED) is 0.318. The normalized spacial score (nSPS) is 12.1. The number of hydrogen-bond donors (Lipinski definition) is 2. The molecule has 0 aliphatic carbocycles. The van der Waals surface area contributed by atoms with Crippen molar-refractivity contribution in [2.75, 3.05) is 5.32 Å². The molecule has 0 fully saturated rings. The fraction of sp³-hybridized carbons (Fsp3) is 0.433. The van der Waals surface area contributed by atoms with Crippen LogP contribution >= 0.6 is 0 Å². The molecule has 0 saturated heterocycles. The summed E-state index contributed by atoms with van der Waals surface area (Å²) in [6, 6.07) is 17.5. The molecule has 3 aromatic rings. The lowest BCUT2D eigenvalue weighted by Gasteiger charge is -2.20. The zero-order valence-electron chi connectivity index (χ0n) is 21.7. The summed E-state index contributed by atoms with van der Waals surface area (Å²) in [6.45, 7) is 18.7. The molecule has 1 heterocycles. The number of nitrogens with one attached hydrogen (secondary N) is 2. The first-order valence-corrected chi connectivity index (χ1v) is 12.4. The van der Waals surface area contributed by atoms with Crippen LogP contribution < -0.4 is 5.32 Å². The molecule has 0 amide bonds. The topological polar surface area (TPSA) is 40.2 Å². The number of H-pyrrole nitrogens is 1. The van der Waals surface area contributed by atoms with Crippen LogP contribution in [0.1, 0.15) is 113 Å². The summed E-state index contributed by atoms with van der Waals surface area (Å²) in [5, 5.41) is 3.72. The number of aromatic amines is 1. The number of benzene rings is 2. The molecule has 2 aromatic carbocycles. The van der Waals surface area contributed by atoms with Crippen LogP contribution in [0, 0.1) is 0 Å². The molecule has 0 spiro atoms. The summed E-state index contributed by atoms with van der Waals surface area (Å²) >= 11 is 0. The van der Waals surface area contributed by atoms with Crippen LogP contribution in [0.2, 0.25) is 0 Å². The monoisotopic (exact) mass is 443 g/mol. The Morgan fingerprint density at radius 1 is 0.697 bits per heavy atom. The molecule has 3 heteroatoms. The lowest BCUT2D eigenvalue weighted by molar-refractivity contribution is 0.831. The third kappa shape index (κ3) is 5.96. The van der Waals surface area contributed by atoms with Crippen LogP contribution in [0.25, 0.3) is 0 Å². The molecule has 0 radical (unpaired) electrons. The van der Waals surface area contributed by atoms with Gasteiger partial charge in [0.05, 0.1) is 24.1 Å². The third-order valence-corrected chi connectivity index (χ3v) is 6.27. The lowest BCUT2D eigenvalue weighted by Crippen LogP contribution is -2.08. The summed E-state index contributed by atoms with van der Waals surface area (Å²) in [5.74, 6) is 1.84. The molecule has 0 aliphatic heterocycles. The van der Waals surface area contributed by atoms with Crippen LogP contribution in [-0.4, -0.2) is 11.2 Å². The molecule has 3 rings (SSSR count). The van der Waals surface area contributed by atoms with E-state index < -0.39 is 0 Å². The Morgan fingerprint density at radius 2 is 1.18 bits per heavy atom. The van der Waals surface area contributed by atoms with Gasteiger partial charge in [-0.15, -0.1) is 0 Å². The standard InChI is InChI=1S/C30H41N3/c1-19(2)25-11-9-12-26(20(3)4)29(25)31-17-23-15-16-24(33-23)18-32-30-27(21(5)6)13-10-14-28(30)22(7)8/h9-17,19-22,32-33H,18H2,1-8H3. The molecule has 2 N–H and O–H groups in total. The van der Waals surface area contributed by atoms with E-state index in [4.69, 9.17) is 4.99 Å². The number of aliphatic imine (C=N–C) groups is 1. The average Bonchev–Trinajstić information content (AvgIpc) is 3.23. The highest BCUT2D eigenvalue weighted by atomic mass is 14.9. The molecule has 33 heavy (non-hydrogen) atoms. The van der Waals surface area contributed by atoms with Gasteiger partial charge in [0.1, 0.15) is 0 Å². The van der Waals surface area contributed by atoms with Crippen molar-refractivity contribution in [2.24, 2.45) is 4.99 Å². The summed E-state index contributed by atoms with van der Waals surface area (Å²) in [5.41, 5.74) is 9.94. The van der Waals surface area contributed by atoms with E-state index in [0.29, 0.717) is 23.7 Å². The Labute approximate surface area is 200 Å². The van der Waals surface area contributed by atoms with Gasteiger partial charge in [-0.25, -0.2) is 0 Å². The summed E-state index contributed by atoms with van der Waals surface area (Å²) < 4.78 is 0. The van der Waals surface area contributed by atoms with Gasteiger partial charge in [-0.3, -0.25) is 4.99 Å². The number of hydrogen-bond acceptors (Lipinski definition) is 2. The van der Waals surface area contributed by atoms with Crippen molar-refractivity contribution in [1.82, 2.24) is 4.98 Å². The first-order chi connectivity index (χ1) is 15.7. The van der Waals surface area contributed by atoms with E-state index in [-0.39, 0.29) is 0 Å². The van der Waals surface area contributed by atoms with E-state index in [9.17, 15) is 0 Å². The fourth-order valence-corrected chi connectivity index (χ4v) is 4.37. The Morgan fingerprint density at radius 3 is 1.67 bits per heavy atom. The van der Waals surface area contributed by atoms with Gasteiger partial charge in [0, 0.05) is 11.4 Å². The Hall–Kier alpha value is -2.81. The first kappa shape index (κ1) is 24.8. The predicted octanol–water partition coefficient (Wildman–Crippen LogP) is 8.87. The number of aromatic nitrogens is 1. The van der Waals surface area contributed by atoms with Crippen LogP contribution in [0.5, 0.6) is 0 Å². The maximum Gasteiger partial charge on any atom is 0.0699 e. The molecule has 0 unspecified atom stereocenters. The average molecular weight is 444 g/mol. The van der Waals surface area contributed by atoms with Crippen LogP contribution in [0.3, 0.4) is 0 Å². The Balaban J connectivity index is 1.81. The molecule has 0 aliphatic rings. The maximum absolute atomic E-state index is 4.95.